The van der Waals surface area contributed by atoms with Crippen LogP contribution in [0.3, 0.4) is 0 Å². The second-order valence-corrected chi connectivity index (χ2v) is 6.72. The molecule has 0 aliphatic rings. The quantitative estimate of drug-likeness (QED) is 0.814. The van der Waals surface area contributed by atoms with Crippen molar-refractivity contribution in [3.05, 3.63) is 55.2 Å². The largest absolute Gasteiger partial charge is 0.306 e. The number of aryl methyl sites for hydroxylation is 3. The topological polar surface area (TPSA) is 12.0 Å². The predicted molar refractivity (Wildman–Crippen MR) is 88.2 cm³/mol. The van der Waals surface area contributed by atoms with E-state index in [0.717, 1.165) is 6.54 Å². The summed E-state index contributed by atoms with van der Waals surface area (Å²) in [6, 6.07) is 7.01. The van der Waals surface area contributed by atoms with Crippen LogP contribution in [0.25, 0.3) is 0 Å². The standard InChI is InChI=1S/C16H20BrNS/c1-5-18-15(16-14(17)6-7-19-16)13-9-11(3)10(2)8-12(13)4/h6-9,15,18H,5H2,1-4H3. The molecule has 0 amide bonds. The van der Waals surface area contributed by atoms with Crippen LogP contribution in [0.4, 0.5) is 0 Å². The molecule has 1 nitrogen and oxygen atoms in total. The third-order valence-corrected chi connectivity index (χ3v) is 5.44. The Bertz CT molecular complexity index is 574. The maximum absolute atomic E-state index is 3.66. The van der Waals surface area contributed by atoms with Crippen LogP contribution < -0.4 is 5.32 Å². The fourth-order valence-corrected chi connectivity index (χ4v) is 4.05. The van der Waals surface area contributed by atoms with Gasteiger partial charge >= 0.3 is 0 Å². The van der Waals surface area contributed by atoms with Crippen molar-refractivity contribution >= 4 is 27.3 Å². The molecule has 3 heteroatoms. The van der Waals surface area contributed by atoms with Crippen LogP contribution in [0.15, 0.2) is 28.1 Å². The van der Waals surface area contributed by atoms with Gasteiger partial charge in [-0.25, -0.2) is 0 Å². The van der Waals surface area contributed by atoms with E-state index in [1.54, 1.807) is 11.3 Å². The van der Waals surface area contributed by atoms with Crippen molar-refractivity contribution in [1.29, 1.82) is 0 Å². The summed E-state index contributed by atoms with van der Waals surface area (Å²) >= 11 is 5.46. The second-order valence-electron chi connectivity index (χ2n) is 4.92. The molecule has 19 heavy (non-hydrogen) atoms. The van der Waals surface area contributed by atoms with E-state index in [0.29, 0.717) is 0 Å². The number of thiophene rings is 1. The van der Waals surface area contributed by atoms with E-state index in [1.807, 2.05) is 0 Å². The average molecular weight is 338 g/mol. The molecular weight excluding hydrogens is 318 g/mol. The minimum atomic E-state index is 0.277. The van der Waals surface area contributed by atoms with Gasteiger partial charge in [0, 0.05) is 9.35 Å². The minimum absolute atomic E-state index is 0.277. The fraction of sp³-hybridized carbons (Fsp3) is 0.375. The predicted octanol–water partition coefficient (Wildman–Crippen LogP) is 5.13. The van der Waals surface area contributed by atoms with Gasteiger partial charge in [-0.05, 0) is 76.9 Å². The molecule has 1 aromatic carbocycles. The SMILES string of the molecule is CCNC(c1cc(C)c(C)cc1C)c1sccc1Br. The minimum Gasteiger partial charge on any atom is -0.306 e. The van der Waals surface area contributed by atoms with E-state index in [4.69, 9.17) is 0 Å². The lowest BCUT2D eigenvalue weighted by Gasteiger charge is -2.21. The van der Waals surface area contributed by atoms with Gasteiger partial charge in [0.1, 0.15) is 0 Å². The molecule has 2 rings (SSSR count). The van der Waals surface area contributed by atoms with Crippen molar-refractivity contribution in [3.8, 4) is 0 Å². The average Bonchev–Trinajstić information content (AvgIpc) is 2.77. The van der Waals surface area contributed by atoms with Crippen LogP contribution in [0.5, 0.6) is 0 Å². The number of halogens is 1. The Kier molecular flexibility index (Phi) is 4.82. The zero-order valence-corrected chi connectivity index (χ0v) is 14.3. The molecule has 0 spiro atoms. The summed E-state index contributed by atoms with van der Waals surface area (Å²) in [5, 5.41) is 5.75. The van der Waals surface area contributed by atoms with Crippen LogP contribution in [-0.2, 0) is 0 Å². The van der Waals surface area contributed by atoms with Crippen LogP contribution in [0.1, 0.15) is 40.1 Å². The van der Waals surface area contributed by atoms with Gasteiger partial charge in [-0.3, -0.25) is 0 Å². The van der Waals surface area contributed by atoms with E-state index in [9.17, 15) is 0 Å². The van der Waals surface area contributed by atoms with Crippen molar-refractivity contribution in [2.75, 3.05) is 6.54 Å². The molecule has 0 aliphatic heterocycles. The zero-order valence-electron chi connectivity index (χ0n) is 11.9. The van der Waals surface area contributed by atoms with Crippen molar-refractivity contribution in [3.63, 3.8) is 0 Å². The first-order valence-electron chi connectivity index (χ1n) is 6.58. The second kappa shape index (κ2) is 6.21. The Hall–Kier alpha value is -0.640. The van der Waals surface area contributed by atoms with Crippen LogP contribution in [0.2, 0.25) is 0 Å². The Labute approximate surface area is 128 Å². The van der Waals surface area contributed by atoms with E-state index >= 15 is 0 Å². The van der Waals surface area contributed by atoms with Gasteiger partial charge in [0.2, 0.25) is 0 Å². The molecule has 1 atom stereocenters. The summed E-state index contributed by atoms with van der Waals surface area (Å²) in [5.41, 5.74) is 5.46. The maximum Gasteiger partial charge on any atom is 0.0685 e. The Balaban J connectivity index is 2.51. The Morgan fingerprint density at radius 3 is 2.42 bits per heavy atom. The van der Waals surface area contributed by atoms with E-state index in [2.05, 4.69) is 72.5 Å². The molecule has 0 fully saturated rings. The number of hydrogen-bond donors (Lipinski definition) is 1. The summed E-state index contributed by atoms with van der Waals surface area (Å²) in [7, 11) is 0. The molecule has 1 N–H and O–H groups in total. The molecule has 2 aromatic rings. The highest BCUT2D eigenvalue weighted by Gasteiger charge is 2.19. The van der Waals surface area contributed by atoms with Gasteiger partial charge in [-0.15, -0.1) is 11.3 Å². The zero-order chi connectivity index (χ0) is 14.0. The van der Waals surface area contributed by atoms with Crippen molar-refractivity contribution in [1.82, 2.24) is 5.32 Å². The Morgan fingerprint density at radius 1 is 1.16 bits per heavy atom. The number of nitrogens with one attached hydrogen (secondary N) is 1. The van der Waals surface area contributed by atoms with E-state index in [1.165, 1.54) is 31.6 Å². The lowest BCUT2D eigenvalue weighted by molar-refractivity contribution is 0.634. The van der Waals surface area contributed by atoms with E-state index in [-0.39, 0.29) is 6.04 Å². The fourth-order valence-electron chi connectivity index (χ4n) is 2.35. The van der Waals surface area contributed by atoms with Crippen molar-refractivity contribution in [2.45, 2.75) is 33.7 Å². The summed E-state index contributed by atoms with van der Waals surface area (Å²) < 4.78 is 1.20. The Morgan fingerprint density at radius 2 is 1.84 bits per heavy atom. The first-order valence-corrected chi connectivity index (χ1v) is 8.25. The summed E-state index contributed by atoms with van der Waals surface area (Å²) in [6.07, 6.45) is 0. The lowest BCUT2D eigenvalue weighted by Crippen LogP contribution is -2.22. The van der Waals surface area contributed by atoms with Crippen LogP contribution in [0, 0.1) is 20.8 Å². The first kappa shape index (κ1) is 14.8. The summed E-state index contributed by atoms with van der Waals surface area (Å²) in [4.78, 5) is 1.35. The highest BCUT2D eigenvalue weighted by atomic mass is 79.9. The smallest absolute Gasteiger partial charge is 0.0685 e. The molecule has 0 saturated carbocycles. The van der Waals surface area contributed by atoms with Gasteiger partial charge in [-0.2, -0.15) is 0 Å². The van der Waals surface area contributed by atoms with Crippen LogP contribution in [-0.4, -0.2) is 6.54 Å². The van der Waals surface area contributed by atoms with Crippen molar-refractivity contribution < 1.29 is 0 Å². The normalized spacial score (nSPS) is 12.7. The third kappa shape index (κ3) is 3.10. The molecule has 102 valence electrons. The van der Waals surface area contributed by atoms with Gasteiger partial charge < -0.3 is 5.32 Å². The number of hydrogen-bond acceptors (Lipinski definition) is 2. The van der Waals surface area contributed by atoms with Crippen LogP contribution >= 0.6 is 27.3 Å². The molecule has 0 aliphatic carbocycles. The molecule has 1 aromatic heterocycles. The highest BCUT2D eigenvalue weighted by molar-refractivity contribution is 9.10. The number of benzene rings is 1. The van der Waals surface area contributed by atoms with Gasteiger partial charge in [0.15, 0.2) is 0 Å². The summed E-state index contributed by atoms with van der Waals surface area (Å²) in [6.45, 7) is 9.68. The highest BCUT2D eigenvalue weighted by Crippen LogP contribution is 2.35. The molecular formula is C16H20BrNS. The first-order chi connectivity index (χ1) is 9.04. The molecule has 0 bridgehead atoms. The molecule has 1 heterocycles. The van der Waals surface area contributed by atoms with Gasteiger partial charge in [-0.1, -0.05) is 19.1 Å². The molecule has 1 unspecified atom stereocenters. The monoisotopic (exact) mass is 337 g/mol. The molecule has 0 saturated heterocycles. The maximum atomic E-state index is 3.66. The number of rotatable bonds is 4. The van der Waals surface area contributed by atoms with Gasteiger partial charge in [0.05, 0.1) is 6.04 Å². The molecule has 0 radical (unpaired) electrons. The third-order valence-electron chi connectivity index (χ3n) is 3.51. The van der Waals surface area contributed by atoms with E-state index < -0.39 is 0 Å². The van der Waals surface area contributed by atoms with Gasteiger partial charge in [0.25, 0.3) is 0 Å². The van der Waals surface area contributed by atoms with Crippen molar-refractivity contribution in [2.24, 2.45) is 0 Å². The lowest BCUT2D eigenvalue weighted by atomic mass is 9.95. The summed E-state index contributed by atoms with van der Waals surface area (Å²) in [5.74, 6) is 0.